The molecule has 2 N–H and O–H groups in total. The van der Waals surface area contributed by atoms with Crippen LogP contribution in [0.25, 0.3) is 11.3 Å². The fraction of sp³-hybridized carbons (Fsp3) is 0.278. The standard InChI is InChI=1S/C18H19ClN4O4/c1-11-9-14(22-26-11)10-21-18(24)15-16(12-3-5-13(19)6-4-12)27-23-17(15)20-7-8-25-2/h3-6,9H,7-8,10H2,1-2H3,(H,20,23)(H,21,24). The van der Waals surface area contributed by atoms with Crippen LogP contribution in [0.1, 0.15) is 21.8 Å². The van der Waals surface area contributed by atoms with Gasteiger partial charge in [0.15, 0.2) is 11.6 Å². The first-order valence-corrected chi connectivity index (χ1v) is 8.65. The number of hydrogen-bond acceptors (Lipinski definition) is 7. The van der Waals surface area contributed by atoms with E-state index in [-0.39, 0.29) is 12.5 Å². The topological polar surface area (TPSA) is 102 Å². The molecule has 0 saturated carbocycles. The van der Waals surface area contributed by atoms with Gasteiger partial charge < -0.3 is 24.4 Å². The van der Waals surface area contributed by atoms with Crippen LogP contribution in [0.2, 0.25) is 5.02 Å². The number of carbonyl (C=O) groups excluding carboxylic acids is 1. The third kappa shape index (κ3) is 4.66. The van der Waals surface area contributed by atoms with Crippen molar-refractivity contribution in [2.45, 2.75) is 13.5 Å². The normalized spacial score (nSPS) is 10.8. The fourth-order valence-electron chi connectivity index (χ4n) is 2.45. The third-order valence-corrected chi connectivity index (χ3v) is 3.98. The van der Waals surface area contributed by atoms with Crippen molar-refractivity contribution in [2.24, 2.45) is 0 Å². The molecule has 0 spiro atoms. The van der Waals surface area contributed by atoms with Crippen LogP contribution in [-0.4, -0.2) is 36.5 Å². The number of rotatable bonds is 8. The van der Waals surface area contributed by atoms with Gasteiger partial charge in [0, 0.05) is 30.3 Å². The molecular weight excluding hydrogens is 372 g/mol. The Morgan fingerprint density at radius 3 is 2.67 bits per heavy atom. The summed E-state index contributed by atoms with van der Waals surface area (Å²) in [6, 6.07) is 8.72. The van der Waals surface area contributed by atoms with E-state index in [0.29, 0.717) is 52.3 Å². The molecule has 0 aliphatic heterocycles. The number of amides is 1. The molecule has 27 heavy (non-hydrogen) atoms. The summed E-state index contributed by atoms with van der Waals surface area (Å²) in [7, 11) is 1.59. The van der Waals surface area contributed by atoms with Gasteiger partial charge >= 0.3 is 0 Å². The van der Waals surface area contributed by atoms with Crippen molar-refractivity contribution in [3.63, 3.8) is 0 Å². The zero-order chi connectivity index (χ0) is 19.2. The minimum atomic E-state index is -0.346. The summed E-state index contributed by atoms with van der Waals surface area (Å²) in [6.45, 7) is 2.95. The smallest absolute Gasteiger partial charge is 0.259 e. The fourth-order valence-corrected chi connectivity index (χ4v) is 2.58. The van der Waals surface area contributed by atoms with Gasteiger partial charge in [-0.1, -0.05) is 21.9 Å². The van der Waals surface area contributed by atoms with Crippen molar-refractivity contribution in [3.05, 3.63) is 52.4 Å². The van der Waals surface area contributed by atoms with Crippen LogP contribution in [0.5, 0.6) is 0 Å². The lowest BCUT2D eigenvalue weighted by atomic mass is 10.1. The maximum atomic E-state index is 12.8. The predicted octanol–water partition coefficient (Wildman–Crippen LogP) is 3.28. The van der Waals surface area contributed by atoms with Crippen LogP contribution in [-0.2, 0) is 11.3 Å². The van der Waals surface area contributed by atoms with Gasteiger partial charge in [-0.15, -0.1) is 0 Å². The largest absolute Gasteiger partial charge is 0.383 e. The molecule has 9 heteroatoms. The SMILES string of the molecule is COCCNc1noc(-c2ccc(Cl)cc2)c1C(=O)NCc1cc(C)on1. The van der Waals surface area contributed by atoms with E-state index in [1.165, 1.54) is 0 Å². The van der Waals surface area contributed by atoms with E-state index >= 15 is 0 Å². The Bertz CT molecular complexity index is 904. The maximum absolute atomic E-state index is 12.8. The second-order valence-electron chi connectivity index (χ2n) is 5.77. The van der Waals surface area contributed by atoms with E-state index in [0.717, 1.165) is 0 Å². The van der Waals surface area contributed by atoms with Crippen molar-refractivity contribution < 1.29 is 18.6 Å². The molecule has 3 aromatic rings. The number of aryl methyl sites for hydroxylation is 1. The maximum Gasteiger partial charge on any atom is 0.259 e. The highest BCUT2D eigenvalue weighted by molar-refractivity contribution is 6.30. The lowest BCUT2D eigenvalue weighted by Gasteiger charge is -2.07. The van der Waals surface area contributed by atoms with Crippen LogP contribution >= 0.6 is 11.6 Å². The molecule has 142 valence electrons. The molecule has 0 bridgehead atoms. The lowest BCUT2D eigenvalue weighted by molar-refractivity contribution is 0.0951. The summed E-state index contributed by atoms with van der Waals surface area (Å²) < 4.78 is 15.5. The Morgan fingerprint density at radius 2 is 2.00 bits per heavy atom. The summed E-state index contributed by atoms with van der Waals surface area (Å²) in [5.74, 6) is 1.01. The number of nitrogens with one attached hydrogen (secondary N) is 2. The summed E-state index contributed by atoms with van der Waals surface area (Å²) in [6.07, 6.45) is 0. The number of methoxy groups -OCH3 is 1. The molecule has 1 aromatic carbocycles. The van der Waals surface area contributed by atoms with E-state index in [1.54, 1.807) is 44.4 Å². The molecule has 0 atom stereocenters. The lowest BCUT2D eigenvalue weighted by Crippen LogP contribution is -2.24. The van der Waals surface area contributed by atoms with E-state index in [9.17, 15) is 4.79 Å². The van der Waals surface area contributed by atoms with Crippen LogP contribution in [0.3, 0.4) is 0 Å². The first-order valence-electron chi connectivity index (χ1n) is 8.27. The molecule has 0 fully saturated rings. The van der Waals surface area contributed by atoms with Gasteiger partial charge in [-0.05, 0) is 31.2 Å². The van der Waals surface area contributed by atoms with E-state index in [2.05, 4.69) is 20.9 Å². The van der Waals surface area contributed by atoms with E-state index < -0.39 is 0 Å². The number of aromatic nitrogens is 2. The van der Waals surface area contributed by atoms with Gasteiger partial charge in [0.2, 0.25) is 0 Å². The van der Waals surface area contributed by atoms with Gasteiger partial charge in [0.25, 0.3) is 5.91 Å². The zero-order valence-corrected chi connectivity index (χ0v) is 15.7. The van der Waals surface area contributed by atoms with Gasteiger partial charge in [-0.3, -0.25) is 4.79 Å². The first-order chi connectivity index (χ1) is 13.1. The van der Waals surface area contributed by atoms with Crippen LogP contribution < -0.4 is 10.6 Å². The van der Waals surface area contributed by atoms with Crippen molar-refractivity contribution >= 4 is 23.3 Å². The Kier molecular flexibility index (Phi) is 6.10. The first kappa shape index (κ1) is 18.9. The minimum Gasteiger partial charge on any atom is -0.383 e. The van der Waals surface area contributed by atoms with Crippen molar-refractivity contribution in [1.29, 1.82) is 0 Å². The van der Waals surface area contributed by atoms with Crippen LogP contribution in [0, 0.1) is 6.92 Å². The van der Waals surface area contributed by atoms with Gasteiger partial charge in [-0.2, -0.15) is 0 Å². The number of benzene rings is 1. The molecule has 0 aliphatic rings. The highest BCUT2D eigenvalue weighted by atomic mass is 35.5. The summed E-state index contributed by atoms with van der Waals surface area (Å²) >= 11 is 5.94. The highest BCUT2D eigenvalue weighted by Gasteiger charge is 2.24. The molecule has 3 rings (SSSR count). The second kappa shape index (κ2) is 8.70. The number of nitrogens with zero attached hydrogens (tertiary/aromatic N) is 2. The molecule has 2 aromatic heterocycles. The number of hydrogen-bond donors (Lipinski definition) is 2. The summed E-state index contributed by atoms with van der Waals surface area (Å²) in [5.41, 5.74) is 1.61. The average Bonchev–Trinajstić information content (AvgIpc) is 3.27. The molecule has 0 unspecified atom stereocenters. The number of carbonyl (C=O) groups is 1. The summed E-state index contributed by atoms with van der Waals surface area (Å²) in [4.78, 5) is 12.8. The Morgan fingerprint density at radius 1 is 1.22 bits per heavy atom. The van der Waals surface area contributed by atoms with Crippen molar-refractivity contribution in [3.8, 4) is 11.3 Å². The Balaban J connectivity index is 1.85. The molecule has 8 nitrogen and oxygen atoms in total. The Labute approximate surface area is 160 Å². The van der Waals surface area contributed by atoms with Crippen LogP contribution in [0.15, 0.2) is 39.4 Å². The molecular formula is C18H19ClN4O4. The predicted molar refractivity (Wildman–Crippen MR) is 99.7 cm³/mol. The van der Waals surface area contributed by atoms with Crippen LogP contribution in [0.4, 0.5) is 5.82 Å². The quantitative estimate of drug-likeness (QED) is 0.569. The molecule has 0 saturated heterocycles. The number of anilines is 1. The van der Waals surface area contributed by atoms with Crippen molar-refractivity contribution in [1.82, 2.24) is 15.6 Å². The number of ether oxygens (including phenoxy) is 1. The highest BCUT2D eigenvalue weighted by Crippen LogP contribution is 2.30. The zero-order valence-electron chi connectivity index (χ0n) is 14.9. The van der Waals surface area contributed by atoms with Gasteiger partial charge in [0.1, 0.15) is 17.0 Å². The second-order valence-corrected chi connectivity index (χ2v) is 6.21. The van der Waals surface area contributed by atoms with Gasteiger partial charge in [0.05, 0.1) is 13.2 Å². The third-order valence-electron chi connectivity index (χ3n) is 3.73. The van der Waals surface area contributed by atoms with Gasteiger partial charge in [-0.25, -0.2) is 0 Å². The molecule has 0 radical (unpaired) electrons. The van der Waals surface area contributed by atoms with E-state index in [4.69, 9.17) is 25.4 Å². The number of halogens is 1. The average molecular weight is 391 g/mol. The Hall–Kier alpha value is -2.84. The molecule has 0 aliphatic carbocycles. The minimum absolute atomic E-state index is 0.221. The van der Waals surface area contributed by atoms with E-state index in [1.807, 2.05) is 0 Å². The molecule has 2 heterocycles. The molecule has 1 amide bonds. The van der Waals surface area contributed by atoms with Crippen molar-refractivity contribution in [2.75, 3.05) is 25.6 Å². The summed E-state index contributed by atoms with van der Waals surface area (Å²) in [5, 5.41) is 14.3. The monoisotopic (exact) mass is 390 g/mol.